The van der Waals surface area contributed by atoms with E-state index < -0.39 is 11.4 Å². The van der Waals surface area contributed by atoms with Crippen LogP contribution in [0.4, 0.5) is 5.69 Å². The van der Waals surface area contributed by atoms with E-state index in [0.717, 1.165) is 31.5 Å². The molecule has 1 heterocycles. The van der Waals surface area contributed by atoms with Crippen LogP contribution in [-0.4, -0.2) is 24.2 Å². The van der Waals surface area contributed by atoms with E-state index in [1.165, 1.54) is 18.5 Å². The normalized spacial score (nSPS) is 21.5. The minimum Gasteiger partial charge on any atom is -0.481 e. The van der Waals surface area contributed by atoms with Crippen molar-refractivity contribution in [2.24, 2.45) is 0 Å². The highest BCUT2D eigenvalue weighted by Gasteiger charge is 2.51. The van der Waals surface area contributed by atoms with Crippen LogP contribution in [0.2, 0.25) is 0 Å². The van der Waals surface area contributed by atoms with Gasteiger partial charge in [0, 0.05) is 18.8 Å². The predicted molar refractivity (Wildman–Crippen MR) is 66.4 cm³/mol. The zero-order valence-corrected chi connectivity index (χ0v) is 9.85. The van der Waals surface area contributed by atoms with Crippen molar-refractivity contribution in [2.45, 2.75) is 31.1 Å². The first kappa shape index (κ1) is 10.6. The maximum Gasteiger partial charge on any atom is 0.314 e. The summed E-state index contributed by atoms with van der Waals surface area (Å²) in [6.45, 7) is 2.26. The highest BCUT2D eigenvalue weighted by molar-refractivity contribution is 5.85. The molecule has 1 saturated carbocycles. The number of nitrogens with zero attached hydrogens (tertiary/aromatic N) is 1. The zero-order chi connectivity index (χ0) is 11.9. The summed E-state index contributed by atoms with van der Waals surface area (Å²) in [5.41, 5.74) is 1.63. The molecule has 0 unspecified atom stereocenters. The molecule has 1 N–H and O–H groups in total. The Morgan fingerprint density at radius 2 is 1.71 bits per heavy atom. The molecular weight excluding hydrogens is 214 g/mol. The van der Waals surface area contributed by atoms with Crippen molar-refractivity contribution in [3.8, 4) is 0 Å². The van der Waals surface area contributed by atoms with Gasteiger partial charge in [0.25, 0.3) is 0 Å². The van der Waals surface area contributed by atoms with Gasteiger partial charge in [-0.15, -0.1) is 0 Å². The lowest BCUT2D eigenvalue weighted by atomic mass is 9.96. The van der Waals surface area contributed by atoms with Gasteiger partial charge >= 0.3 is 5.97 Å². The number of carbonyl (C=O) groups is 1. The van der Waals surface area contributed by atoms with Crippen LogP contribution in [0.25, 0.3) is 0 Å². The van der Waals surface area contributed by atoms with Gasteiger partial charge in [-0.2, -0.15) is 0 Å². The summed E-state index contributed by atoms with van der Waals surface area (Å²) in [5, 5.41) is 9.23. The van der Waals surface area contributed by atoms with Crippen LogP contribution in [0.3, 0.4) is 0 Å². The van der Waals surface area contributed by atoms with Crippen molar-refractivity contribution < 1.29 is 9.90 Å². The van der Waals surface area contributed by atoms with Gasteiger partial charge in [0.2, 0.25) is 0 Å². The number of carboxylic acids is 1. The molecule has 1 saturated heterocycles. The second kappa shape index (κ2) is 3.76. The SMILES string of the molecule is O=C(O)C1(c2ccc(N3CCCC3)cc2)CC1. The summed E-state index contributed by atoms with van der Waals surface area (Å²) >= 11 is 0. The van der Waals surface area contributed by atoms with E-state index in [1.54, 1.807) is 0 Å². The van der Waals surface area contributed by atoms with E-state index in [0.29, 0.717) is 0 Å². The molecule has 1 aliphatic heterocycles. The van der Waals surface area contributed by atoms with Crippen molar-refractivity contribution in [1.29, 1.82) is 0 Å². The summed E-state index contributed by atoms with van der Waals surface area (Å²) in [7, 11) is 0. The number of rotatable bonds is 3. The van der Waals surface area contributed by atoms with Gasteiger partial charge in [-0.25, -0.2) is 0 Å². The predicted octanol–water partition coefficient (Wildman–Crippen LogP) is 2.40. The number of carboxylic acid groups (broad SMARTS) is 1. The van der Waals surface area contributed by atoms with E-state index >= 15 is 0 Å². The summed E-state index contributed by atoms with van der Waals surface area (Å²) < 4.78 is 0. The molecule has 3 nitrogen and oxygen atoms in total. The minimum absolute atomic E-state index is 0.566. The molecular formula is C14H17NO2. The lowest BCUT2D eigenvalue weighted by molar-refractivity contribution is -0.140. The van der Waals surface area contributed by atoms with E-state index in [9.17, 15) is 9.90 Å². The van der Waals surface area contributed by atoms with Gasteiger partial charge in [0.15, 0.2) is 0 Å². The van der Waals surface area contributed by atoms with Gasteiger partial charge in [-0.05, 0) is 43.4 Å². The Morgan fingerprint density at radius 1 is 1.12 bits per heavy atom. The Kier molecular flexibility index (Phi) is 2.35. The van der Waals surface area contributed by atoms with E-state index in [2.05, 4.69) is 17.0 Å². The highest BCUT2D eigenvalue weighted by Crippen LogP contribution is 2.48. The molecule has 2 aliphatic rings. The van der Waals surface area contributed by atoms with Crippen LogP contribution in [0.5, 0.6) is 0 Å². The molecule has 1 aromatic carbocycles. The molecule has 2 fully saturated rings. The quantitative estimate of drug-likeness (QED) is 0.868. The second-order valence-electron chi connectivity index (χ2n) is 5.13. The summed E-state index contributed by atoms with van der Waals surface area (Å²) in [5.74, 6) is -0.675. The monoisotopic (exact) mass is 231 g/mol. The average Bonchev–Trinajstić information content (AvgIpc) is 2.98. The molecule has 0 bridgehead atoms. The standard InChI is InChI=1S/C14H17NO2/c16-13(17)14(7-8-14)11-3-5-12(6-4-11)15-9-1-2-10-15/h3-6H,1-2,7-10H2,(H,16,17). The number of benzene rings is 1. The first-order valence-electron chi connectivity index (χ1n) is 6.31. The summed E-state index contributed by atoms with van der Waals surface area (Å²) in [6, 6.07) is 8.14. The van der Waals surface area contributed by atoms with E-state index in [1.807, 2.05) is 12.1 Å². The number of anilines is 1. The largest absolute Gasteiger partial charge is 0.481 e. The molecule has 0 amide bonds. The Hall–Kier alpha value is -1.51. The highest BCUT2D eigenvalue weighted by atomic mass is 16.4. The van der Waals surface area contributed by atoms with Gasteiger partial charge in [0.1, 0.15) is 0 Å². The van der Waals surface area contributed by atoms with Crippen LogP contribution in [-0.2, 0) is 10.2 Å². The molecule has 17 heavy (non-hydrogen) atoms. The van der Waals surface area contributed by atoms with Crippen molar-refractivity contribution in [1.82, 2.24) is 0 Å². The van der Waals surface area contributed by atoms with Crippen LogP contribution in [0.1, 0.15) is 31.2 Å². The fourth-order valence-electron chi connectivity index (χ4n) is 2.72. The first-order chi connectivity index (χ1) is 8.22. The van der Waals surface area contributed by atoms with E-state index in [4.69, 9.17) is 0 Å². The molecule has 1 aromatic rings. The summed E-state index contributed by atoms with van der Waals surface area (Å²) in [6.07, 6.45) is 4.10. The topological polar surface area (TPSA) is 40.5 Å². The molecule has 0 spiro atoms. The summed E-state index contributed by atoms with van der Waals surface area (Å²) in [4.78, 5) is 13.6. The van der Waals surface area contributed by atoms with Crippen LogP contribution in [0.15, 0.2) is 24.3 Å². The Labute approximate surface area is 101 Å². The van der Waals surface area contributed by atoms with Gasteiger partial charge < -0.3 is 10.0 Å². The lowest BCUT2D eigenvalue weighted by Gasteiger charge is -2.18. The fourth-order valence-corrected chi connectivity index (χ4v) is 2.72. The Balaban J connectivity index is 1.83. The molecule has 0 radical (unpaired) electrons. The maximum atomic E-state index is 11.2. The van der Waals surface area contributed by atoms with Gasteiger partial charge in [-0.3, -0.25) is 4.79 Å². The lowest BCUT2D eigenvalue weighted by Crippen LogP contribution is -2.20. The second-order valence-corrected chi connectivity index (χ2v) is 5.13. The Bertz CT molecular complexity index is 428. The van der Waals surface area contributed by atoms with E-state index in [-0.39, 0.29) is 0 Å². The van der Waals surface area contributed by atoms with Crippen LogP contribution in [0, 0.1) is 0 Å². The van der Waals surface area contributed by atoms with Gasteiger partial charge in [-0.1, -0.05) is 12.1 Å². The minimum atomic E-state index is -0.675. The molecule has 3 heteroatoms. The van der Waals surface area contributed by atoms with Crippen molar-refractivity contribution in [3.63, 3.8) is 0 Å². The Morgan fingerprint density at radius 3 is 2.18 bits per heavy atom. The third-order valence-electron chi connectivity index (χ3n) is 4.05. The average molecular weight is 231 g/mol. The van der Waals surface area contributed by atoms with Gasteiger partial charge in [0.05, 0.1) is 5.41 Å². The van der Waals surface area contributed by atoms with Crippen LogP contribution >= 0.6 is 0 Å². The number of hydrogen-bond acceptors (Lipinski definition) is 2. The first-order valence-corrected chi connectivity index (χ1v) is 6.31. The molecule has 3 rings (SSSR count). The number of aliphatic carboxylic acids is 1. The maximum absolute atomic E-state index is 11.2. The van der Waals surface area contributed by atoms with Crippen molar-refractivity contribution in [3.05, 3.63) is 29.8 Å². The fraction of sp³-hybridized carbons (Fsp3) is 0.500. The van der Waals surface area contributed by atoms with Crippen molar-refractivity contribution >= 4 is 11.7 Å². The zero-order valence-electron chi connectivity index (χ0n) is 9.85. The number of hydrogen-bond donors (Lipinski definition) is 1. The molecule has 90 valence electrons. The van der Waals surface area contributed by atoms with Crippen LogP contribution < -0.4 is 4.90 Å². The van der Waals surface area contributed by atoms with Crippen molar-refractivity contribution in [2.75, 3.05) is 18.0 Å². The smallest absolute Gasteiger partial charge is 0.314 e. The third-order valence-corrected chi connectivity index (χ3v) is 4.05. The molecule has 0 atom stereocenters. The molecule has 0 aromatic heterocycles. The molecule has 1 aliphatic carbocycles. The third kappa shape index (κ3) is 1.70.